The van der Waals surface area contributed by atoms with Crippen LogP contribution in [0.2, 0.25) is 0 Å². The molecule has 0 radical (unpaired) electrons. The first-order valence-electron chi connectivity index (χ1n) is 10.4. The molecule has 0 bridgehead atoms. The van der Waals surface area contributed by atoms with Gasteiger partial charge in [0.05, 0.1) is 10.5 Å². The smallest absolute Gasteiger partial charge is 0.425 e. The lowest BCUT2D eigenvalue weighted by molar-refractivity contribution is -0.190. The number of benzene rings is 1. The quantitative estimate of drug-likeness (QED) is 0.425. The Morgan fingerprint density at radius 2 is 1.74 bits per heavy atom. The van der Waals surface area contributed by atoms with Gasteiger partial charge in [0.1, 0.15) is 17.2 Å². The summed E-state index contributed by atoms with van der Waals surface area (Å²) in [6.07, 6.45) is -5.22. The highest BCUT2D eigenvalue weighted by molar-refractivity contribution is 7.90. The molecule has 1 aromatic heterocycles. The zero-order valence-electron chi connectivity index (χ0n) is 18.6. The van der Waals surface area contributed by atoms with Gasteiger partial charge in [0.15, 0.2) is 21.7 Å². The third-order valence-corrected chi connectivity index (χ3v) is 6.66. The van der Waals surface area contributed by atoms with Crippen LogP contribution in [0, 0.1) is 17.6 Å². The normalized spacial score (nSPS) is 16.1. The number of Topliss-reactive ketones (excluding diaryl/α,β-unsaturated/α-hetero) is 1. The maximum Gasteiger partial charge on any atom is 0.425 e. The minimum Gasteiger partial charge on any atom is -0.464 e. The van der Waals surface area contributed by atoms with Crippen molar-refractivity contribution in [1.29, 1.82) is 0 Å². The number of pyridine rings is 1. The average Bonchev–Trinajstić information content (AvgIpc) is 2.77. The molecule has 2 heterocycles. The summed E-state index contributed by atoms with van der Waals surface area (Å²) in [5.74, 6) is -4.57. The van der Waals surface area contributed by atoms with Gasteiger partial charge >= 0.3 is 6.18 Å². The predicted octanol–water partition coefficient (Wildman–Crippen LogP) is 3.83. The Bertz CT molecular complexity index is 1240. The molecule has 0 spiro atoms. The van der Waals surface area contributed by atoms with Crippen LogP contribution in [0.5, 0.6) is 5.88 Å². The van der Waals surface area contributed by atoms with E-state index in [0.29, 0.717) is 13.0 Å². The van der Waals surface area contributed by atoms with E-state index in [2.05, 4.69) is 4.98 Å². The van der Waals surface area contributed by atoms with Gasteiger partial charge in [0, 0.05) is 37.5 Å². The maximum absolute atomic E-state index is 14.0. The molecule has 1 aromatic carbocycles. The molecule has 1 aliphatic rings. The van der Waals surface area contributed by atoms with E-state index in [1.54, 1.807) is 0 Å². The number of hydrogen-bond acceptors (Lipinski definition) is 6. The second kappa shape index (κ2) is 9.88. The van der Waals surface area contributed by atoms with Crippen molar-refractivity contribution in [3.8, 4) is 5.88 Å². The molecule has 3 rings (SSSR count). The highest BCUT2D eigenvalue weighted by Crippen LogP contribution is 2.30. The zero-order chi connectivity index (χ0) is 26.1. The molecule has 0 N–H and O–H groups in total. The number of aromatic nitrogens is 1. The number of amides is 1. The van der Waals surface area contributed by atoms with Crippen molar-refractivity contribution in [2.24, 2.45) is 5.92 Å². The maximum atomic E-state index is 14.0. The van der Waals surface area contributed by atoms with Crippen molar-refractivity contribution < 1.29 is 44.7 Å². The number of carbonyl (C=O) groups excluding carboxylic acids is 2. The lowest BCUT2D eigenvalue weighted by Gasteiger charge is -2.32. The van der Waals surface area contributed by atoms with Crippen molar-refractivity contribution in [1.82, 2.24) is 9.88 Å². The molecular formula is C22H21F5N2O5S. The summed E-state index contributed by atoms with van der Waals surface area (Å²) in [5.41, 5.74) is -0.753. The standard InChI is InChI=1S/C22H21F5N2O5S/c1-12(22(25,26)27)34-20-17(10-15(11-28-20)35(2,32)33)21(31)29-7-5-13(6-8-29)19(30)16-4-3-14(23)9-18(16)24/h3-4,9-13H,5-8H2,1-2H3/t12-/m0/s1. The Balaban J connectivity index is 1.81. The van der Waals surface area contributed by atoms with E-state index < -0.39 is 62.8 Å². The van der Waals surface area contributed by atoms with Crippen molar-refractivity contribution in [2.75, 3.05) is 19.3 Å². The molecule has 1 saturated heterocycles. The first-order chi connectivity index (χ1) is 16.2. The fourth-order valence-corrected chi connectivity index (χ4v) is 4.12. The molecule has 1 aliphatic heterocycles. The van der Waals surface area contributed by atoms with Crippen LogP contribution in [0.15, 0.2) is 35.4 Å². The first kappa shape index (κ1) is 26.5. The predicted molar refractivity (Wildman–Crippen MR) is 113 cm³/mol. The van der Waals surface area contributed by atoms with Gasteiger partial charge in [-0.2, -0.15) is 13.2 Å². The number of nitrogens with zero attached hydrogens (tertiary/aromatic N) is 2. The van der Waals surface area contributed by atoms with Crippen molar-refractivity contribution in [3.63, 3.8) is 0 Å². The molecule has 35 heavy (non-hydrogen) atoms. The van der Waals surface area contributed by atoms with E-state index >= 15 is 0 Å². The summed E-state index contributed by atoms with van der Waals surface area (Å²) in [7, 11) is -3.84. The highest BCUT2D eigenvalue weighted by atomic mass is 32.2. The third-order valence-electron chi connectivity index (χ3n) is 5.58. The fourth-order valence-electron chi connectivity index (χ4n) is 3.54. The number of hydrogen-bond donors (Lipinski definition) is 0. The van der Waals surface area contributed by atoms with Crippen LogP contribution >= 0.6 is 0 Å². The number of carbonyl (C=O) groups is 2. The van der Waals surface area contributed by atoms with Crippen LogP contribution in [-0.4, -0.2) is 61.6 Å². The first-order valence-corrected chi connectivity index (χ1v) is 12.3. The topological polar surface area (TPSA) is 93.6 Å². The van der Waals surface area contributed by atoms with Crippen molar-refractivity contribution >= 4 is 21.5 Å². The number of sulfone groups is 1. The van der Waals surface area contributed by atoms with E-state index in [1.165, 1.54) is 4.90 Å². The number of ether oxygens (including phenoxy) is 1. The van der Waals surface area contributed by atoms with Crippen LogP contribution in [0.4, 0.5) is 22.0 Å². The van der Waals surface area contributed by atoms with E-state index in [-0.39, 0.29) is 36.4 Å². The minimum atomic E-state index is -4.76. The second-order valence-electron chi connectivity index (χ2n) is 8.15. The molecule has 0 saturated carbocycles. The van der Waals surface area contributed by atoms with Crippen LogP contribution in [0.3, 0.4) is 0 Å². The van der Waals surface area contributed by atoms with Crippen molar-refractivity contribution in [3.05, 3.63) is 53.2 Å². The molecule has 190 valence electrons. The fraction of sp³-hybridized carbons (Fsp3) is 0.409. The number of alkyl halides is 3. The minimum absolute atomic E-state index is 0.0184. The lowest BCUT2D eigenvalue weighted by Crippen LogP contribution is -2.41. The molecule has 0 unspecified atom stereocenters. The average molecular weight is 520 g/mol. The van der Waals surface area contributed by atoms with Gasteiger partial charge in [-0.1, -0.05) is 0 Å². The number of likely N-dealkylation sites (tertiary alicyclic amines) is 1. The summed E-state index contributed by atoms with van der Waals surface area (Å²) >= 11 is 0. The van der Waals surface area contributed by atoms with Crippen LogP contribution in [0.25, 0.3) is 0 Å². The van der Waals surface area contributed by atoms with Gasteiger partial charge < -0.3 is 9.64 Å². The van der Waals surface area contributed by atoms with Crippen LogP contribution in [0.1, 0.15) is 40.5 Å². The second-order valence-corrected chi connectivity index (χ2v) is 10.2. The van der Waals surface area contributed by atoms with E-state index in [0.717, 1.165) is 30.7 Å². The van der Waals surface area contributed by atoms with E-state index in [4.69, 9.17) is 4.74 Å². The molecule has 7 nitrogen and oxygen atoms in total. The molecular weight excluding hydrogens is 499 g/mol. The van der Waals surface area contributed by atoms with Gasteiger partial charge in [-0.25, -0.2) is 22.2 Å². The zero-order valence-corrected chi connectivity index (χ0v) is 19.4. The summed E-state index contributed by atoms with van der Waals surface area (Å²) in [6, 6.07) is 3.49. The van der Waals surface area contributed by atoms with Gasteiger partial charge in [0.2, 0.25) is 5.88 Å². The Hall–Kier alpha value is -3.09. The molecule has 0 aliphatic carbocycles. The van der Waals surface area contributed by atoms with Crippen LogP contribution in [-0.2, 0) is 9.84 Å². The molecule has 1 amide bonds. The number of rotatable bonds is 6. The number of ketones is 1. The van der Waals surface area contributed by atoms with Crippen LogP contribution < -0.4 is 4.74 Å². The van der Waals surface area contributed by atoms with Gasteiger partial charge in [-0.3, -0.25) is 9.59 Å². The molecule has 13 heteroatoms. The number of piperidine rings is 1. The van der Waals surface area contributed by atoms with E-state index in [1.807, 2.05) is 0 Å². The number of halogens is 5. The molecule has 1 atom stereocenters. The summed E-state index contributed by atoms with van der Waals surface area (Å²) in [4.78, 5) is 30.2. The van der Waals surface area contributed by atoms with E-state index in [9.17, 15) is 40.0 Å². The Morgan fingerprint density at radius 1 is 1.11 bits per heavy atom. The molecule has 1 fully saturated rings. The summed E-state index contributed by atoms with van der Waals surface area (Å²) < 4.78 is 94.7. The SMILES string of the molecule is C[C@H](Oc1ncc(S(C)(=O)=O)cc1C(=O)N1CCC(C(=O)c2ccc(F)cc2F)CC1)C(F)(F)F. The largest absolute Gasteiger partial charge is 0.464 e. The summed E-state index contributed by atoms with van der Waals surface area (Å²) in [6.45, 7) is 0.678. The van der Waals surface area contributed by atoms with Gasteiger partial charge in [-0.15, -0.1) is 0 Å². The van der Waals surface area contributed by atoms with Gasteiger partial charge in [-0.05, 0) is 38.0 Å². The third kappa shape index (κ3) is 6.13. The lowest BCUT2D eigenvalue weighted by atomic mass is 9.88. The Kier molecular flexibility index (Phi) is 7.48. The summed E-state index contributed by atoms with van der Waals surface area (Å²) in [5, 5.41) is 0. The molecule has 2 aromatic rings. The van der Waals surface area contributed by atoms with Crippen molar-refractivity contribution in [2.45, 2.75) is 36.9 Å². The highest BCUT2D eigenvalue weighted by Gasteiger charge is 2.39. The monoisotopic (exact) mass is 520 g/mol. The van der Waals surface area contributed by atoms with Gasteiger partial charge in [0.25, 0.3) is 5.91 Å². The Morgan fingerprint density at radius 3 is 2.29 bits per heavy atom. The Labute approximate surface area is 197 Å².